The first kappa shape index (κ1) is 14.2. The molecule has 1 aliphatic heterocycles. The number of rotatable bonds is 5. The molecule has 0 spiro atoms. The Morgan fingerprint density at radius 1 is 1.19 bits per heavy atom. The molecule has 1 aliphatic rings. The number of hydrogen-bond acceptors (Lipinski definition) is 4. The number of ether oxygens (including phenoxy) is 1. The van der Waals surface area contributed by atoms with E-state index in [2.05, 4.69) is 27.0 Å². The van der Waals surface area contributed by atoms with Gasteiger partial charge in [-0.3, -0.25) is 14.9 Å². The van der Waals surface area contributed by atoms with E-state index in [1.807, 2.05) is 30.6 Å². The van der Waals surface area contributed by atoms with Crippen molar-refractivity contribution in [3.8, 4) is 0 Å². The molecule has 110 valence electrons. The van der Waals surface area contributed by atoms with E-state index in [-0.39, 0.29) is 0 Å². The zero-order valence-corrected chi connectivity index (χ0v) is 12.2. The van der Waals surface area contributed by atoms with Gasteiger partial charge in [0.05, 0.1) is 18.4 Å². The fourth-order valence-corrected chi connectivity index (χ4v) is 2.71. The van der Waals surface area contributed by atoms with Gasteiger partial charge in [-0.2, -0.15) is 0 Å². The number of hydrogen-bond donors (Lipinski definition) is 0. The summed E-state index contributed by atoms with van der Waals surface area (Å²) in [5.41, 5.74) is 2.27. The van der Waals surface area contributed by atoms with Crippen LogP contribution in [0.1, 0.15) is 24.1 Å². The molecule has 3 heterocycles. The summed E-state index contributed by atoms with van der Waals surface area (Å²) < 4.78 is 6.03. The zero-order valence-electron chi connectivity index (χ0n) is 12.2. The van der Waals surface area contributed by atoms with Crippen LogP contribution in [0.15, 0.2) is 48.9 Å². The van der Waals surface area contributed by atoms with Crippen LogP contribution >= 0.6 is 0 Å². The molecule has 0 aliphatic carbocycles. The topological polar surface area (TPSA) is 38.2 Å². The SMILES string of the molecule is c1ccc(CN2CCCC(OCc3cccnc3)C2)nc1. The summed E-state index contributed by atoms with van der Waals surface area (Å²) in [4.78, 5) is 11.0. The highest BCUT2D eigenvalue weighted by Gasteiger charge is 2.20. The third-order valence-electron chi connectivity index (χ3n) is 3.78. The molecular formula is C17H21N3O. The highest BCUT2D eigenvalue weighted by molar-refractivity contribution is 5.07. The molecule has 1 saturated heterocycles. The standard InChI is InChI=1S/C17H21N3O/c1-2-9-19-16(6-1)12-20-10-4-7-17(13-20)21-14-15-5-3-8-18-11-15/h1-3,5-6,8-9,11,17H,4,7,10,12-14H2. The normalized spacial score (nSPS) is 19.5. The van der Waals surface area contributed by atoms with E-state index in [0.717, 1.165) is 37.3 Å². The second-order valence-electron chi connectivity index (χ2n) is 5.49. The minimum Gasteiger partial charge on any atom is -0.372 e. The van der Waals surface area contributed by atoms with E-state index in [9.17, 15) is 0 Å². The predicted octanol–water partition coefficient (Wildman–Crippen LogP) is 2.66. The first-order valence-corrected chi connectivity index (χ1v) is 7.53. The summed E-state index contributed by atoms with van der Waals surface area (Å²) in [6.07, 6.45) is 8.15. The predicted molar refractivity (Wildman–Crippen MR) is 81.6 cm³/mol. The molecule has 1 fully saturated rings. The van der Waals surface area contributed by atoms with Crippen molar-refractivity contribution in [3.05, 3.63) is 60.2 Å². The van der Waals surface area contributed by atoms with Gasteiger partial charge < -0.3 is 4.74 Å². The lowest BCUT2D eigenvalue weighted by Gasteiger charge is -2.32. The van der Waals surface area contributed by atoms with Gasteiger partial charge in [0.25, 0.3) is 0 Å². The fourth-order valence-electron chi connectivity index (χ4n) is 2.71. The minimum atomic E-state index is 0.308. The highest BCUT2D eigenvalue weighted by atomic mass is 16.5. The average Bonchev–Trinajstić information content (AvgIpc) is 2.55. The first-order valence-electron chi connectivity index (χ1n) is 7.53. The van der Waals surface area contributed by atoms with E-state index in [1.54, 1.807) is 6.20 Å². The Kier molecular flexibility index (Phi) is 4.92. The summed E-state index contributed by atoms with van der Waals surface area (Å²) in [6.45, 7) is 3.67. The van der Waals surface area contributed by atoms with Crippen LogP contribution in [0.25, 0.3) is 0 Å². The molecule has 0 amide bonds. The lowest BCUT2D eigenvalue weighted by molar-refractivity contribution is -0.0124. The Morgan fingerprint density at radius 2 is 2.19 bits per heavy atom. The molecule has 0 N–H and O–H groups in total. The van der Waals surface area contributed by atoms with Crippen LogP contribution in [0.2, 0.25) is 0 Å². The van der Waals surface area contributed by atoms with Crippen molar-refractivity contribution in [1.29, 1.82) is 0 Å². The van der Waals surface area contributed by atoms with E-state index in [0.29, 0.717) is 12.7 Å². The van der Waals surface area contributed by atoms with E-state index >= 15 is 0 Å². The Balaban J connectivity index is 1.49. The monoisotopic (exact) mass is 283 g/mol. The fraction of sp³-hybridized carbons (Fsp3) is 0.412. The third kappa shape index (κ3) is 4.34. The van der Waals surface area contributed by atoms with Crippen LogP contribution in [-0.2, 0) is 17.9 Å². The van der Waals surface area contributed by atoms with E-state index in [4.69, 9.17) is 4.74 Å². The van der Waals surface area contributed by atoms with Gasteiger partial charge in [0.15, 0.2) is 0 Å². The second kappa shape index (κ2) is 7.29. The van der Waals surface area contributed by atoms with Crippen molar-refractivity contribution >= 4 is 0 Å². The third-order valence-corrected chi connectivity index (χ3v) is 3.78. The summed E-state index contributed by atoms with van der Waals surface area (Å²) >= 11 is 0. The Bertz CT molecular complexity index is 532. The van der Waals surface area contributed by atoms with Crippen molar-refractivity contribution in [2.45, 2.75) is 32.1 Å². The number of pyridine rings is 2. The van der Waals surface area contributed by atoms with Crippen LogP contribution < -0.4 is 0 Å². The number of piperidine rings is 1. The van der Waals surface area contributed by atoms with Gasteiger partial charge in [-0.1, -0.05) is 12.1 Å². The van der Waals surface area contributed by atoms with Crippen molar-refractivity contribution in [3.63, 3.8) is 0 Å². The first-order chi connectivity index (χ1) is 10.4. The van der Waals surface area contributed by atoms with Crippen LogP contribution in [0.4, 0.5) is 0 Å². The molecule has 2 aromatic rings. The molecular weight excluding hydrogens is 262 g/mol. The number of likely N-dealkylation sites (tertiary alicyclic amines) is 1. The van der Waals surface area contributed by atoms with Gasteiger partial charge in [0.1, 0.15) is 0 Å². The van der Waals surface area contributed by atoms with Gasteiger partial charge in [-0.25, -0.2) is 0 Å². The van der Waals surface area contributed by atoms with Crippen LogP contribution in [-0.4, -0.2) is 34.1 Å². The van der Waals surface area contributed by atoms with Crippen molar-refractivity contribution in [2.75, 3.05) is 13.1 Å². The van der Waals surface area contributed by atoms with Crippen LogP contribution in [0.5, 0.6) is 0 Å². The van der Waals surface area contributed by atoms with E-state index < -0.39 is 0 Å². The van der Waals surface area contributed by atoms with Crippen molar-refractivity contribution < 1.29 is 4.74 Å². The molecule has 0 aromatic carbocycles. The van der Waals surface area contributed by atoms with Gasteiger partial charge in [0.2, 0.25) is 0 Å². The Hall–Kier alpha value is -1.78. The smallest absolute Gasteiger partial charge is 0.0736 e. The quantitative estimate of drug-likeness (QED) is 0.845. The maximum Gasteiger partial charge on any atom is 0.0736 e. The maximum absolute atomic E-state index is 6.03. The highest BCUT2D eigenvalue weighted by Crippen LogP contribution is 2.16. The molecule has 2 aromatic heterocycles. The molecule has 1 atom stereocenters. The van der Waals surface area contributed by atoms with Crippen molar-refractivity contribution in [2.24, 2.45) is 0 Å². The Morgan fingerprint density at radius 3 is 3.00 bits per heavy atom. The molecule has 0 radical (unpaired) electrons. The lowest BCUT2D eigenvalue weighted by Crippen LogP contribution is -2.39. The maximum atomic E-state index is 6.03. The van der Waals surface area contributed by atoms with Gasteiger partial charge in [0, 0.05) is 31.7 Å². The number of aromatic nitrogens is 2. The number of nitrogens with zero attached hydrogens (tertiary/aromatic N) is 3. The van der Waals surface area contributed by atoms with Crippen LogP contribution in [0.3, 0.4) is 0 Å². The molecule has 0 bridgehead atoms. The molecule has 21 heavy (non-hydrogen) atoms. The van der Waals surface area contributed by atoms with Crippen LogP contribution in [0, 0.1) is 0 Å². The zero-order chi connectivity index (χ0) is 14.3. The summed E-state index contributed by atoms with van der Waals surface area (Å²) in [5, 5.41) is 0. The van der Waals surface area contributed by atoms with Gasteiger partial charge >= 0.3 is 0 Å². The largest absolute Gasteiger partial charge is 0.372 e. The second-order valence-corrected chi connectivity index (χ2v) is 5.49. The molecule has 3 rings (SSSR count). The summed E-state index contributed by atoms with van der Waals surface area (Å²) in [6, 6.07) is 10.1. The van der Waals surface area contributed by atoms with Gasteiger partial charge in [-0.05, 0) is 43.1 Å². The molecule has 4 heteroatoms. The molecule has 1 unspecified atom stereocenters. The van der Waals surface area contributed by atoms with E-state index in [1.165, 1.54) is 6.42 Å². The lowest BCUT2D eigenvalue weighted by atomic mass is 10.1. The molecule has 4 nitrogen and oxygen atoms in total. The summed E-state index contributed by atoms with van der Waals surface area (Å²) in [5.74, 6) is 0. The minimum absolute atomic E-state index is 0.308. The molecule has 0 saturated carbocycles. The van der Waals surface area contributed by atoms with Gasteiger partial charge in [-0.15, -0.1) is 0 Å². The Labute approximate surface area is 125 Å². The summed E-state index contributed by atoms with van der Waals surface area (Å²) in [7, 11) is 0. The van der Waals surface area contributed by atoms with Crippen molar-refractivity contribution in [1.82, 2.24) is 14.9 Å². The average molecular weight is 283 g/mol.